The van der Waals surface area contributed by atoms with E-state index in [9.17, 15) is 4.79 Å². The van der Waals surface area contributed by atoms with Crippen LogP contribution in [0.3, 0.4) is 0 Å². The molecule has 1 aromatic carbocycles. The van der Waals surface area contributed by atoms with Gasteiger partial charge >= 0.3 is 6.09 Å². The van der Waals surface area contributed by atoms with Gasteiger partial charge < -0.3 is 14.2 Å². The van der Waals surface area contributed by atoms with E-state index in [2.05, 4.69) is 22.0 Å². The molecule has 0 unspecified atom stereocenters. The molecule has 0 aliphatic carbocycles. The molecule has 1 aliphatic rings. The Labute approximate surface area is 141 Å². The summed E-state index contributed by atoms with van der Waals surface area (Å²) in [4.78, 5) is 20.5. The van der Waals surface area contributed by atoms with Crippen molar-refractivity contribution in [2.24, 2.45) is 0 Å². The zero-order chi connectivity index (χ0) is 16.8. The number of carbonyl (C=O) groups is 1. The first kappa shape index (κ1) is 16.4. The fourth-order valence-electron chi connectivity index (χ4n) is 2.61. The molecule has 1 aliphatic heterocycles. The standard InChI is InChI=1S/C17H22N4O3/c1-2-6-16-18-15(19-24-16)13-20-9-11-21(12-10-20)17(22)23-14-7-4-3-5-8-14/h3-5,7-8H,2,6,9-13H2,1H3. The zero-order valence-corrected chi connectivity index (χ0v) is 13.9. The zero-order valence-electron chi connectivity index (χ0n) is 13.9. The van der Waals surface area contributed by atoms with E-state index >= 15 is 0 Å². The molecule has 7 heteroatoms. The fourth-order valence-corrected chi connectivity index (χ4v) is 2.61. The molecule has 2 aromatic rings. The minimum absolute atomic E-state index is 0.300. The molecule has 0 spiro atoms. The highest BCUT2D eigenvalue weighted by Crippen LogP contribution is 2.12. The first-order valence-electron chi connectivity index (χ1n) is 8.30. The van der Waals surface area contributed by atoms with Crippen molar-refractivity contribution >= 4 is 6.09 Å². The van der Waals surface area contributed by atoms with E-state index in [1.165, 1.54) is 0 Å². The van der Waals surface area contributed by atoms with Crippen molar-refractivity contribution in [1.29, 1.82) is 0 Å². The molecule has 1 aromatic heterocycles. The van der Waals surface area contributed by atoms with Gasteiger partial charge in [0, 0.05) is 32.6 Å². The normalized spacial score (nSPS) is 15.5. The number of benzene rings is 1. The molecule has 24 heavy (non-hydrogen) atoms. The smallest absolute Gasteiger partial charge is 0.410 e. The van der Waals surface area contributed by atoms with E-state index in [0.717, 1.165) is 25.9 Å². The Morgan fingerprint density at radius 1 is 1.21 bits per heavy atom. The maximum atomic E-state index is 12.2. The van der Waals surface area contributed by atoms with Crippen molar-refractivity contribution in [1.82, 2.24) is 19.9 Å². The summed E-state index contributed by atoms with van der Waals surface area (Å²) in [6, 6.07) is 9.13. The van der Waals surface area contributed by atoms with Crippen LogP contribution >= 0.6 is 0 Å². The van der Waals surface area contributed by atoms with Gasteiger partial charge in [-0.15, -0.1) is 0 Å². The van der Waals surface area contributed by atoms with Crippen LogP contribution in [0.15, 0.2) is 34.9 Å². The van der Waals surface area contributed by atoms with Crippen molar-refractivity contribution < 1.29 is 14.1 Å². The van der Waals surface area contributed by atoms with Gasteiger partial charge in [-0.05, 0) is 18.6 Å². The first-order chi connectivity index (χ1) is 11.7. The van der Waals surface area contributed by atoms with Gasteiger partial charge in [0.25, 0.3) is 0 Å². The number of para-hydroxylation sites is 1. The molecule has 0 radical (unpaired) electrons. The van der Waals surface area contributed by atoms with E-state index in [0.29, 0.717) is 37.1 Å². The second kappa shape index (κ2) is 7.92. The Bertz CT molecular complexity index is 651. The third-order valence-corrected chi connectivity index (χ3v) is 3.92. The SMILES string of the molecule is CCCc1nc(CN2CCN(C(=O)Oc3ccccc3)CC2)no1. The molecular formula is C17H22N4O3. The van der Waals surface area contributed by atoms with Crippen LogP contribution in [0.4, 0.5) is 4.79 Å². The number of ether oxygens (including phenoxy) is 1. The number of piperazine rings is 1. The van der Waals surface area contributed by atoms with Gasteiger partial charge in [0.1, 0.15) is 5.75 Å². The van der Waals surface area contributed by atoms with Gasteiger partial charge in [-0.1, -0.05) is 30.3 Å². The van der Waals surface area contributed by atoms with E-state index in [-0.39, 0.29) is 6.09 Å². The summed E-state index contributed by atoms with van der Waals surface area (Å²) in [6.07, 6.45) is 1.50. The molecule has 7 nitrogen and oxygen atoms in total. The lowest BCUT2D eigenvalue weighted by molar-refractivity contribution is 0.106. The van der Waals surface area contributed by atoms with Crippen molar-refractivity contribution in [3.8, 4) is 5.75 Å². The van der Waals surface area contributed by atoms with E-state index in [1.54, 1.807) is 17.0 Å². The number of nitrogens with zero attached hydrogens (tertiary/aromatic N) is 4. The van der Waals surface area contributed by atoms with Gasteiger partial charge in [0.05, 0.1) is 6.54 Å². The predicted octanol–water partition coefficient (Wildman–Crippen LogP) is 2.34. The second-order valence-corrected chi connectivity index (χ2v) is 5.80. The van der Waals surface area contributed by atoms with Crippen LogP contribution in [0, 0.1) is 0 Å². The third kappa shape index (κ3) is 4.32. The Morgan fingerprint density at radius 2 is 1.96 bits per heavy atom. The summed E-state index contributed by atoms with van der Waals surface area (Å²) in [5.74, 6) is 1.97. The summed E-state index contributed by atoms with van der Waals surface area (Å²) >= 11 is 0. The number of aryl methyl sites for hydroxylation is 1. The summed E-state index contributed by atoms with van der Waals surface area (Å²) < 4.78 is 10.6. The number of hydrogen-bond donors (Lipinski definition) is 0. The first-order valence-corrected chi connectivity index (χ1v) is 8.30. The van der Waals surface area contributed by atoms with Crippen molar-refractivity contribution in [3.05, 3.63) is 42.0 Å². The Morgan fingerprint density at radius 3 is 2.67 bits per heavy atom. The summed E-state index contributed by atoms with van der Waals surface area (Å²) in [5, 5.41) is 4.01. The topological polar surface area (TPSA) is 71.7 Å². The van der Waals surface area contributed by atoms with Gasteiger partial charge in [-0.25, -0.2) is 4.79 Å². The van der Waals surface area contributed by atoms with Gasteiger partial charge in [0.15, 0.2) is 5.82 Å². The Hall–Kier alpha value is -2.41. The fraction of sp³-hybridized carbons (Fsp3) is 0.471. The van der Waals surface area contributed by atoms with Crippen LogP contribution in [0.5, 0.6) is 5.75 Å². The number of carbonyl (C=O) groups excluding carboxylic acids is 1. The largest absolute Gasteiger partial charge is 0.415 e. The quantitative estimate of drug-likeness (QED) is 0.838. The molecule has 0 bridgehead atoms. The number of rotatable bonds is 5. The molecule has 1 amide bonds. The lowest BCUT2D eigenvalue weighted by Gasteiger charge is -2.33. The maximum Gasteiger partial charge on any atom is 0.415 e. The highest BCUT2D eigenvalue weighted by Gasteiger charge is 2.23. The predicted molar refractivity (Wildman–Crippen MR) is 87.6 cm³/mol. The molecule has 1 fully saturated rings. The summed E-state index contributed by atoms with van der Waals surface area (Å²) in [5.41, 5.74) is 0. The van der Waals surface area contributed by atoms with Crippen LogP contribution in [0.2, 0.25) is 0 Å². The molecule has 128 valence electrons. The Balaban J connectivity index is 1.45. The van der Waals surface area contributed by atoms with E-state index < -0.39 is 0 Å². The molecule has 2 heterocycles. The average Bonchev–Trinajstić information content (AvgIpc) is 3.04. The minimum atomic E-state index is -0.300. The van der Waals surface area contributed by atoms with E-state index in [1.807, 2.05) is 18.2 Å². The van der Waals surface area contributed by atoms with Gasteiger partial charge in [0.2, 0.25) is 5.89 Å². The molecule has 0 saturated carbocycles. The van der Waals surface area contributed by atoms with Crippen LogP contribution in [0.25, 0.3) is 0 Å². The van der Waals surface area contributed by atoms with Crippen LogP contribution in [0.1, 0.15) is 25.1 Å². The Kier molecular flexibility index (Phi) is 5.43. The van der Waals surface area contributed by atoms with Crippen molar-refractivity contribution in [2.45, 2.75) is 26.3 Å². The molecular weight excluding hydrogens is 308 g/mol. The van der Waals surface area contributed by atoms with E-state index in [4.69, 9.17) is 9.26 Å². The molecule has 0 N–H and O–H groups in total. The maximum absolute atomic E-state index is 12.2. The van der Waals surface area contributed by atoms with Crippen molar-refractivity contribution in [3.63, 3.8) is 0 Å². The van der Waals surface area contributed by atoms with Crippen LogP contribution in [-0.2, 0) is 13.0 Å². The van der Waals surface area contributed by atoms with Gasteiger partial charge in [-0.2, -0.15) is 4.98 Å². The van der Waals surface area contributed by atoms with Crippen LogP contribution < -0.4 is 4.74 Å². The lowest BCUT2D eigenvalue weighted by atomic mass is 10.3. The molecule has 1 saturated heterocycles. The number of hydrogen-bond acceptors (Lipinski definition) is 6. The summed E-state index contributed by atoms with van der Waals surface area (Å²) in [6.45, 7) is 5.52. The second-order valence-electron chi connectivity index (χ2n) is 5.80. The monoisotopic (exact) mass is 330 g/mol. The third-order valence-electron chi connectivity index (χ3n) is 3.92. The summed E-state index contributed by atoms with van der Waals surface area (Å²) in [7, 11) is 0. The highest BCUT2D eigenvalue weighted by molar-refractivity contribution is 5.70. The number of aromatic nitrogens is 2. The highest BCUT2D eigenvalue weighted by atomic mass is 16.6. The average molecular weight is 330 g/mol. The van der Waals surface area contributed by atoms with Crippen molar-refractivity contribution in [2.75, 3.05) is 26.2 Å². The molecule has 3 rings (SSSR count). The lowest BCUT2D eigenvalue weighted by Crippen LogP contribution is -2.49. The minimum Gasteiger partial charge on any atom is -0.410 e. The van der Waals surface area contributed by atoms with Gasteiger partial charge in [-0.3, -0.25) is 4.90 Å². The van der Waals surface area contributed by atoms with Crippen LogP contribution in [-0.4, -0.2) is 52.2 Å². The molecule has 0 atom stereocenters. The number of amides is 1.